The summed E-state index contributed by atoms with van der Waals surface area (Å²) in [5, 5.41) is 3.39. The van der Waals surface area contributed by atoms with E-state index in [1.54, 1.807) is 7.11 Å². The Morgan fingerprint density at radius 3 is 2.60 bits per heavy atom. The smallest absolute Gasteiger partial charge is 0.219 e. The first kappa shape index (κ1) is 13.7. The molecular formula is C16H24N2O2. The molecule has 2 aliphatic rings. The Kier molecular flexibility index (Phi) is 3.83. The lowest BCUT2D eigenvalue weighted by Gasteiger charge is -2.47. The number of aryl methyl sites for hydroxylation is 1. The van der Waals surface area contributed by atoms with Crippen LogP contribution in [0.3, 0.4) is 0 Å². The van der Waals surface area contributed by atoms with Gasteiger partial charge in [-0.05, 0) is 43.6 Å². The highest BCUT2D eigenvalue weighted by Crippen LogP contribution is 2.40. The van der Waals surface area contributed by atoms with E-state index in [2.05, 4.69) is 23.3 Å². The molecule has 3 rings (SSSR count). The number of rotatable bonds is 4. The Hall–Kier alpha value is -1.29. The van der Waals surface area contributed by atoms with Gasteiger partial charge in [0, 0.05) is 24.7 Å². The second kappa shape index (κ2) is 5.60. The van der Waals surface area contributed by atoms with Crippen molar-refractivity contribution in [2.24, 2.45) is 5.41 Å². The van der Waals surface area contributed by atoms with E-state index >= 15 is 0 Å². The highest BCUT2D eigenvalue weighted by Gasteiger charge is 2.40. The first-order valence-electron chi connectivity index (χ1n) is 7.66. The SMILES string of the molecule is CCc1ccc(OC2CCC3(CC2)CNC3)nc1OC. The molecule has 0 atom stereocenters. The molecule has 4 nitrogen and oxygen atoms in total. The maximum absolute atomic E-state index is 6.05. The number of ether oxygens (including phenoxy) is 2. The van der Waals surface area contributed by atoms with Gasteiger partial charge in [0.1, 0.15) is 6.10 Å². The molecule has 1 N–H and O–H groups in total. The zero-order chi connectivity index (χ0) is 14.0. The lowest BCUT2D eigenvalue weighted by Crippen LogP contribution is -2.55. The minimum atomic E-state index is 0.311. The molecule has 0 radical (unpaired) electrons. The number of nitrogens with one attached hydrogen (secondary N) is 1. The summed E-state index contributed by atoms with van der Waals surface area (Å²) in [6.45, 7) is 4.49. The van der Waals surface area contributed by atoms with Crippen LogP contribution in [-0.4, -0.2) is 31.3 Å². The summed E-state index contributed by atoms with van der Waals surface area (Å²) in [5.74, 6) is 1.40. The van der Waals surface area contributed by atoms with E-state index in [1.807, 2.05) is 6.07 Å². The van der Waals surface area contributed by atoms with Crippen LogP contribution in [-0.2, 0) is 6.42 Å². The average Bonchev–Trinajstić information content (AvgIpc) is 2.46. The minimum absolute atomic E-state index is 0.311. The normalized spacial score (nSPS) is 21.5. The van der Waals surface area contributed by atoms with Crippen LogP contribution in [0.1, 0.15) is 38.2 Å². The van der Waals surface area contributed by atoms with Gasteiger partial charge in [0.2, 0.25) is 11.8 Å². The van der Waals surface area contributed by atoms with Crippen molar-refractivity contribution in [1.29, 1.82) is 0 Å². The molecule has 0 aromatic carbocycles. The van der Waals surface area contributed by atoms with Crippen LogP contribution in [0, 0.1) is 5.41 Å². The zero-order valence-corrected chi connectivity index (χ0v) is 12.4. The number of aromatic nitrogens is 1. The van der Waals surface area contributed by atoms with Crippen LogP contribution < -0.4 is 14.8 Å². The lowest BCUT2D eigenvalue weighted by molar-refractivity contribution is 0.0400. The van der Waals surface area contributed by atoms with Crippen molar-refractivity contribution < 1.29 is 9.47 Å². The molecule has 0 amide bonds. The third-order valence-corrected chi connectivity index (χ3v) is 4.77. The molecule has 0 bridgehead atoms. The zero-order valence-electron chi connectivity index (χ0n) is 12.4. The van der Waals surface area contributed by atoms with Gasteiger partial charge in [-0.1, -0.05) is 6.92 Å². The summed E-state index contributed by atoms with van der Waals surface area (Å²) in [7, 11) is 1.67. The monoisotopic (exact) mass is 276 g/mol. The maximum atomic E-state index is 6.05. The first-order valence-corrected chi connectivity index (χ1v) is 7.66. The molecule has 1 saturated carbocycles. The van der Waals surface area contributed by atoms with E-state index in [9.17, 15) is 0 Å². The van der Waals surface area contributed by atoms with Gasteiger partial charge in [-0.15, -0.1) is 0 Å². The van der Waals surface area contributed by atoms with Gasteiger partial charge in [-0.2, -0.15) is 4.98 Å². The maximum Gasteiger partial charge on any atom is 0.219 e. The number of pyridine rings is 1. The van der Waals surface area contributed by atoms with E-state index < -0.39 is 0 Å². The molecule has 1 aromatic heterocycles. The van der Waals surface area contributed by atoms with Gasteiger partial charge >= 0.3 is 0 Å². The highest BCUT2D eigenvalue weighted by atomic mass is 16.5. The second-order valence-corrected chi connectivity index (χ2v) is 6.09. The summed E-state index contributed by atoms with van der Waals surface area (Å²) in [4.78, 5) is 4.47. The third-order valence-electron chi connectivity index (χ3n) is 4.77. The number of hydrogen-bond acceptors (Lipinski definition) is 4. The van der Waals surface area contributed by atoms with E-state index in [4.69, 9.17) is 9.47 Å². The predicted molar refractivity (Wildman–Crippen MR) is 78.4 cm³/mol. The Morgan fingerprint density at radius 1 is 1.30 bits per heavy atom. The second-order valence-electron chi connectivity index (χ2n) is 6.09. The summed E-state index contributed by atoms with van der Waals surface area (Å²) in [5.41, 5.74) is 1.71. The summed E-state index contributed by atoms with van der Waals surface area (Å²) < 4.78 is 11.4. The molecule has 4 heteroatoms. The Labute approximate surface area is 120 Å². The standard InChI is InChI=1S/C16H24N2O2/c1-3-12-4-5-14(18-15(12)19-2)20-13-6-8-16(9-7-13)10-17-11-16/h4-5,13,17H,3,6-11H2,1-2H3. The van der Waals surface area contributed by atoms with Gasteiger partial charge in [-0.3, -0.25) is 0 Å². The quantitative estimate of drug-likeness (QED) is 0.918. The molecule has 110 valence electrons. The molecule has 0 unspecified atom stereocenters. The van der Waals surface area contributed by atoms with Crippen LogP contribution in [0.4, 0.5) is 0 Å². The fraction of sp³-hybridized carbons (Fsp3) is 0.688. The molecule has 1 saturated heterocycles. The molecule has 1 spiro atoms. The van der Waals surface area contributed by atoms with Crippen molar-refractivity contribution in [3.8, 4) is 11.8 Å². The molecule has 1 aliphatic carbocycles. The number of methoxy groups -OCH3 is 1. The summed E-state index contributed by atoms with van der Waals surface area (Å²) >= 11 is 0. The summed E-state index contributed by atoms with van der Waals surface area (Å²) in [6, 6.07) is 4.03. The largest absolute Gasteiger partial charge is 0.481 e. The molecule has 1 aliphatic heterocycles. The Balaban J connectivity index is 1.60. The highest BCUT2D eigenvalue weighted by molar-refractivity contribution is 5.30. The van der Waals surface area contributed by atoms with Gasteiger partial charge in [0.05, 0.1) is 7.11 Å². The van der Waals surface area contributed by atoms with E-state index in [-0.39, 0.29) is 0 Å². The fourth-order valence-electron chi connectivity index (χ4n) is 3.29. The van der Waals surface area contributed by atoms with Crippen molar-refractivity contribution in [1.82, 2.24) is 10.3 Å². The van der Waals surface area contributed by atoms with E-state index in [0.717, 1.165) is 24.8 Å². The molecule has 20 heavy (non-hydrogen) atoms. The van der Waals surface area contributed by atoms with Crippen LogP contribution in [0.25, 0.3) is 0 Å². The van der Waals surface area contributed by atoms with Crippen LogP contribution in [0.2, 0.25) is 0 Å². The van der Waals surface area contributed by atoms with E-state index in [1.165, 1.54) is 25.9 Å². The average molecular weight is 276 g/mol. The van der Waals surface area contributed by atoms with Crippen LogP contribution >= 0.6 is 0 Å². The van der Waals surface area contributed by atoms with Gasteiger partial charge in [0.15, 0.2) is 0 Å². The van der Waals surface area contributed by atoms with Crippen LogP contribution in [0.5, 0.6) is 11.8 Å². The topological polar surface area (TPSA) is 43.4 Å². The van der Waals surface area contributed by atoms with Crippen molar-refractivity contribution >= 4 is 0 Å². The number of hydrogen-bond donors (Lipinski definition) is 1. The minimum Gasteiger partial charge on any atom is -0.481 e. The lowest BCUT2D eigenvalue weighted by atomic mass is 9.69. The van der Waals surface area contributed by atoms with Gasteiger partial charge in [0.25, 0.3) is 0 Å². The Bertz CT molecular complexity index is 462. The van der Waals surface area contributed by atoms with Gasteiger partial charge in [-0.25, -0.2) is 0 Å². The molecular weight excluding hydrogens is 252 g/mol. The fourth-order valence-corrected chi connectivity index (χ4v) is 3.29. The first-order chi connectivity index (χ1) is 9.74. The van der Waals surface area contributed by atoms with Crippen LogP contribution in [0.15, 0.2) is 12.1 Å². The molecule has 2 heterocycles. The van der Waals surface area contributed by atoms with E-state index in [0.29, 0.717) is 23.3 Å². The molecule has 2 fully saturated rings. The van der Waals surface area contributed by atoms with Crippen molar-refractivity contribution in [3.05, 3.63) is 17.7 Å². The van der Waals surface area contributed by atoms with Crippen molar-refractivity contribution in [2.75, 3.05) is 20.2 Å². The third kappa shape index (κ3) is 2.62. The van der Waals surface area contributed by atoms with Gasteiger partial charge < -0.3 is 14.8 Å². The Morgan fingerprint density at radius 2 is 2.05 bits per heavy atom. The van der Waals surface area contributed by atoms with Crippen molar-refractivity contribution in [2.45, 2.75) is 45.1 Å². The van der Waals surface area contributed by atoms with Crippen molar-refractivity contribution in [3.63, 3.8) is 0 Å². The molecule has 1 aromatic rings. The predicted octanol–water partition coefficient (Wildman–Crippen LogP) is 2.56. The summed E-state index contributed by atoms with van der Waals surface area (Å²) in [6.07, 6.45) is 6.06. The number of nitrogens with zero attached hydrogens (tertiary/aromatic N) is 1.